The van der Waals surface area contributed by atoms with E-state index in [4.69, 9.17) is 5.11 Å². The van der Waals surface area contributed by atoms with Crippen LogP contribution < -0.4 is 5.32 Å². The number of amides is 1. The van der Waals surface area contributed by atoms with Gasteiger partial charge in [-0.25, -0.2) is 0 Å². The lowest BCUT2D eigenvalue weighted by Gasteiger charge is -2.32. The Morgan fingerprint density at radius 3 is 2.47 bits per heavy atom. The van der Waals surface area contributed by atoms with Crippen LogP contribution in [0.5, 0.6) is 0 Å². The van der Waals surface area contributed by atoms with E-state index in [0.29, 0.717) is 12.2 Å². The Labute approximate surface area is 119 Å². The first-order chi connectivity index (χ1) is 9.07. The molecule has 0 radical (unpaired) electrons. The summed E-state index contributed by atoms with van der Waals surface area (Å²) in [5.74, 6) is -0.345. The Balaban J connectivity index is 1.93. The molecular formula is C14H23NO3S. The van der Waals surface area contributed by atoms with Gasteiger partial charge in [0.2, 0.25) is 5.91 Å². The van der Waals surface area contributed by atoms with Crippen LogP contribution in [-0.4, -0.2) is 28.8 Å². The summed E-state index contributed by atoms with van der Waals surface area (Å²) in [6, 6.07) is 0.0275. The summed E-state index contributed by atoms with van der Waals surface area (Å²) in [5, 5.41) is 12.2. The van der Waals surface area contributed by atoms with Crippen molar-refractivity contribution >= 4 is 24.5 Å². The van der Waals surface area contributed by atoms with Gasteiger partial charge in [-0.2, -0.15) is 12.6 Å². The lowest BCUT2D eigenvalue weighted by molar-refractivity contribution is -0.143. The zero-order valence-corrected chi connectivity index (χ0v) is 12.1. The first-order valence-electron chi connectivity index (χ1n) is 7.22. The average Bonchev–Trinajstić information content (AvgIpc) is 2.89. The van der Waals surface area contributed by atoms with Gasteiger partial charge in [-0.1, -0.05) is 19.3 Å². The van der Waals surface area contributed by atoms with Crippen LogP contribution in [-0.2, 0) is 9.59 Å². The second-order valence-electron chi connectivity index (χ2n) is 6.02. The van der Waals surface area contributed by atoms with Crippen molar-refractivity contribution in [2.24, 2.45) is 11.3 Å². The number of thiol groups is 1. The monoisotopic (exact) mass is 285 g/mol. The topological polar surface area (TPSA) is 66.4 Å². The van der Waals surface area contributed by atoms with E-state index in [1.54, 1.807) is 0 Å². The zero-order valence-electron chi connectivity index (χ0n) is 11.2. The second-order valence-corrected chi connectivity index (χ2v) is 6.33. The van der Waals surface area contributed by atoms with E-state index in [1.807, 2.05) is 0 Å². The third kappa shape index (κ3) is 3.25. The molecule has 2 rings (SSSR count). The van der Waals surface area contributed by atoms with E-state index in [2.05, 4.69) is 17.9 Å². The second kappa shape index (κ2) is 6.16. The van der Waals surface area contributed by atoms with Gasteiger partial charge < -0.3 is 10.4 Å². The predicted octanol–water partition coefficient (Wildman–Crippen LogP) is 2.24. The van der Waals surface area contributed by atoms with E-state index in [-0.39, 0.29) is 23.3 Å². The molecule has 0 aromatic carbocycles. The summed E-state index contributed by atoms with van der Waals surface area (Å²) in [7, 11) is 0. The van der Waals surface area contributed by atoms with Crippen LogP contribution in [0.1, 0.15) is 51.4 Å². The molecule has 0 aromatic rings. The predicted molar refractivity (Wildman–Crippen MR) is 76.3 cm³/mol. The fraction of sp³-hybridized carbons (Fsp3) is 0.857. The number of carboxylic acid groups (broad SMARTS) is 1. The number of carbonyl (C=O) groups excluding carboxylic acids is 1. The third-order valence-corrected chi connectivity index (χ3v) is 5.31. The maximum absolute atomic E-state index is 12.4. The molecule has 0 saturated heterocycles. The number of hydrogen-bond acceptors (Lipinski definition) is 3. The molecule has 2 aliphatic carbocycles. The molecule has 2 atom stereocenters. The van der Waals surface area contributed by atoms with E-state index in [9.17, 15) is 9.59 Å². The van der Waals surface area contributed by atoms with Crippen LogP contribution in [0.2, 0.25) is 0 Å². The van der Waals surface area contributed by atoms with Gasteiger partial charge in [0.15, 0.2) is 0 Å². The minimum absolute atomic E-state index is 0.0275. The highest BCUT2D eigenvalue weighted by Crippen LogP contribution is 2.39. The number of carboxylic acids is 1. The highest BCUT2D eigenvalue weighted by Gasteiger charge is 2.41. The van der Waals surface area contributed by atoms with Crippen molar-refractivity contribution in [3.05, 3.63) is 0 Å². The highest BCUT2D eigenvalue weighted by atomic mass is 32.1. The standard InChI is InChI=1S/C14H23NO3S/c16-12(17)10-4-3-5-11(8-10)15-13(18)14(9-19)6-1-2-7-14/h10-11,19H,1-9H2,(H,15,18)(H,16,17)/t10-,11+/m0/s1. The molecule has 19 heavy (non-hydrogen) atoms. The van der Waals surface area contributed by atoms with Gasteiger partial charge in [0.25, 0.3) is 0 Å². The van der Waals surface area contributed by atoms with Crippen molar-refractivity contribution in [2.75, 3.05) is 5.75 Å². The lowest BCUT2D eigenvalue weighted by Crippen LogP contribution is -2.47. The number of aliphatic carboxylic acids is 1. The normalized spacial score (nSPS) is 29.9. The minimum Gasteiger partial charge on any atom is -0.481 e. The molecule has 2 fully saturated rings. The quantitative estimate of drug-likeness (QED) is 0.694. The molecule has 5 heteroatoms. The Morgan fingerprint density at radius 2 is 1.89 bits per heavy atom. The van der Waals surface area contributed by atoms with Crippen molar-refractivity contribution in [1.29, 1.82) is 0 Å². The fourth-order valence-corrected chi connectivity index (χ4v) is 3.85. The van der Waals surface area contributed by atoms with Crippen molar-refractivity contribution < 1.29 is 14.7 Å². The molecule has 0 aliphatic heterocycles. The summed E-state index contributed by atoms with van der Waals surface area (Å²) in [4.78, 5) is 23.5. The molecule has 2 N–H and O–H groups in total. The molecule has 1 amide bonds. The first-order valence-corrected chi connectivity index (χ1v) is 7.85. The fourth-order valence-electron chi connectivity index (χ4n) is 3.39. The Kier molecular flexibility index (Phi) is 4.76. The first kappa shape index (κ1) is 14.7. The van der Waals surface area contributed by atoms with Crippen LogP contribution in [0.25, 0.3) is 0 Å². The van der Waals surface area contributed by atoms with Gasteiger partial charge in [0, 0.05) is 11.8 Å². The van der Waals surface area contributed by atoms with E-state index < -0.39 is 5.97 Å². The van der Waals surface area contributed by atoms with Gasteiger partial charge >= 0.3 is 5.97 Å². The summed E-state index contributed by atoms with van der Waals surface area (Å²) >= 11 is 4.35. The van der Waals surface area contributed by atoms with E-state index in [0.717, 1.165) is 44.9 Å². The van der Waals surface area contributed by atoms with Crippen LogP contribution in [0.15, 0.2) is 0 Å². The molecule has 0 bridgehead atoms. The van der Waals surface area contributed by atoms with Gasteiger partial charge in [-0.15, -0.1) is 0 Å². The molecule has 108 valence electrons. The van der Waals surface area contributed by atoms with Gasteiger partial charge in [-0.3, -0.25) is 9.59 Å². The minimum atomic E-state index is -0.733. The lowest BCUT2D eigenvalue weighted by atomic mass is 9.83. The molecule has 2 saturated carbocycles. The van der Waals surface area contributed by atoms with Gasteiger partial charge in [0.1, 0.15) is 0 Å². The van der Waals surface area contributed by atoms with Gasteiger partial charge in [-0.05, 0) is 32.1 Å². The Bertz CT molecular complexity index is 353. The van der Waals surface area contributed by atoms with Crippen LogP contribution in [0, 0.1) is 11.3 Å². The summed E-state index contributed by atoms with van der Waals surface area (Å²) < 4.78 is 0. The van der Waals surface area contributed by atoms with E-state index in [1.165, 1.54) is 0 Å². The molecular weight excluding hydrogens is 262 g/mol. The maximum atomic E-state index is 12.4. The molecule has 0 unspecified atom stereocenters. The van der Waals surface area contributed by atoms with Gasteiger partial charge in [0.05, 0.1) is 11.3 Å². The molecule has 2 aliphatic rings. The van der Waals surface area contributed by atoms with Crippen LogP contribution >= 0.6 is 12.6 Å². The zero-order chi connectivity index (χ0) is 13.9. The van der Waals surface area contributed by atoms with Crippen molar-refractivity contribution in [3.63, 3.8) is 0 Å². The summed E-state index contributed by atoms with van der Waals surface area (Å²) in [6.45, 7) is 0. The number of hydrogen-bond donors (Lipinski definition) is 3. The van der Waals surface area contributed by atoms with Crippen molar-refractivity contribution in [1.82, 2.24) is 5.32 Å². The average molecular weight is 285 g/mol. The Morgan fingerprint density at radius 1 is 1.21 bits per heavy atom. The molecule has 0 spiro atoms. The summed E-state index contributed by atoms with van der Waals surface area (Å²) in [5.41, 5.74) is -0.306. The summed E-state index contributed by atoms with van der Waals surface area (Å²) in [6.07, 6.45) is 7.11. The van der Waals surface area contributed by atoms with Crippen molar-refractivity contribution in [3.8, 4) is 0 Å². The number of nitrogens with one attached hydrogen (secondary N) is 1. The maximum Gasteiger partial charge on any atom is 0.306 e. The molecule has 0 aromatic heterocycles. The van der Waals surface area contributed by atoms with Crippen LogP contribution in [0.3, 0.4) is 0 Å². The van der Waals surface area contributed by atoms with Crippen LogP contribution in [0.4, 0.5) is 0 Å². The Hall–Kier alpha value is -0.710. The molecule has 0 heterocycles. The number of carbonyl (C=O) groups is 2. The largest absolute Gasteiger partial charge is 0.481 e. The molecule has 4 nitrogen and oxygen atoms in total. The smallest absolute Gasteiger partial charge is 0.306 e. The highest BCUT2D eigenvalue weighted by molar-refractivity contribution is 7.80. The third-order valence-electron chi connectivity index (χ3n) is 4.70. The van der Waals surface area contributed by atoms with Crippen molar-refractivity contribution in [2.45, 2.75) is 57.4 Å². The van der Waals surface area contributed by atoms with E-state index >= 15 is 0 Å². The number of rotatable bonds is 4. The SMILES string of the molecule is O=C(O)[C@H]1CCC[C@@H](NC(=O)C2(CS)CCCC2)C1.